The van der Waals surface area contributed by atoms with Crippen LogP contribution in [-0.2, 0) is 11.2 Å². The van der Waals surface area contributed by atoms with E-state index in [0.717, 1.165) is 11.1 Å². The lowest BCUT2D eigenvalue weighted by molar-refractivity contribution is -0.116. The summed E-state index contributed by atoms with van der Waals surface area (Å²) >= 11 is 0. The summed E-state index contributed by atoms with van der Waals surface area (Å²) in [5.74, 6) is 0.436. The zero-order chi connectivity index (χ0) is 25.4. The van der Waals surface area contributed by atoms with Crippen LogP contribution in [0.15, 0.2) is 47.2 Å². The number of hydrogen-bond acceptors (Lipinski definition) is 7. The zero-order valence-electron chi connectivity index (χ0n) is 19.8. The summed E-state index contributed by atoms with van der Waals surface area (Å²) in [4.78, 5) is 45.4. The average Bonchev–Trinajstić information content (AvgIpc) is 3.45. The summed E-state index contributed by atoms with van der Waals surface area (Å²) in [5, 5.41) is 16.0. The van der Waals surface area contributed by atoms with Gasteiger partial charge in [0.1, 0.15) is 17.1 Å². The molecule has 11 nitrogen and oxygen atoms in total. The van der Waals surface area contributed by atoms with Crippen LogP contribution in [0.5, 0.6) is 0 Å². The van der Waals surface area contributed by atoms with Crippen LogP contribution >= 0.6 is 0 Å². The molecule has 5 rings (SSSR count). The number of aryl methyl sites for hydroxylation is 2. The van der Waals surface area contributed by atoms with Gasteiger partial charge in [-0.2, -0.15) is 4.98 Å². The number of pyridine rings is 1. The number of benzene rings is 1. The maximum atomic E-state index is 13.1. The molecule has 0 radical (unpaired) electrons. The molecule has 0 bridgehead atoms. The number of imidazole rings is 1. The van der Waals surface area contributed by atoms with Crippen LogP contribution in [0.25, 0.3) is 17.0 Å². The molecule has 1 saturated heterocycles. The maximum absolute atomic E-state index is 13.1. The van der Waals surface area contributed by atoms with Crippen LogP contribution in [0, 0.1) is 6.92 Å². The molecule has 1 aliphatic rings. The smallest absolute Gasteiger partial charge is 0.407 e. The minimum Gasteiger partial charge on any atom is -0.465 e. The molecule has 4 heterocycles. The first-order valence-corrected chi connectivity index (χ1v) is 11.5. The molecular weight excluding hydrogens is 464 g/mol. The summed E-state index contributed by atoms with van der Waals surface area (Å²) in [6, 6.07) is 9.21. The third kappa shape index (κ3) is 4.54. The lowest BCUT2D eigenvalue weighted by Crippen LogP contribution is -2.47. The Morgan fingerprint density at radius 1 is 1.19 bits per heavy atom. The second-order valence-electron chi connectivity index (χ2n) is 8.93. The predicted octanol–water partition coefficient (Wildman–Crippen LogP) is 3.54. The van der Waals surface area contributed by atoms with Crippen molar-refractivity contribution in [1.29, 1.82) is 0 Å². The number of amides is 2. The molecule has 1 aromatic carbocycles. The van der Waals surface area contributed by atoms with Gasteiger partial charge in [-0.15, -0.1) is 0 Å². The van der Waals surface area contributed by atoms with Crippen molar-refractivity contribution in [3.63, 3.8) is 0 Å². The highest BCUT2D eigenvalue weighted by molar-refractivity contribution is 6.04. The van der Waals surface area contributed by atoms with Crippen molar-refractivity contribution >= 4 is 29.1 Å². The van der Waals surface area contributed by atoms with Gasteiger partial charge in [-0.05, 0) is 49.6 Å². The number of anilines is 1. The standard InChI is InChI=1S/C25H24N6O5/c1-14-3-6-17(22-28-24(36-29-22)18-12-30(13-18)25(34)35)10-19(14)27-23(33)20-11-26-21-9-16(5-4-15(2)32)7-8-31(20)21/h3,6-11,18H,4-5,12-13H2,1-2H3,(H,27,33)(H,34,35). The maximum Gasteiger partial charge on any atom is 0.407 e. The van der Waals surface area contributed by atoms with Crippen LogP contribution in [0.2, 0.25) is 0 Å². The number of carboxylic acid groups (broad SMARTS) is 1. The van der Waals surface area contributed by atoms with Crippen molar-refractivity contribution in [2.24, 2.45) is 0 Å². The molecule has 0 unspecified atom stereocenters. The molecule has 36 heavy (non-hydrogen) atoms. The zero-order valence-corrected chi connectivity index (χ0v) is 19.8. The first-order chi connectivity index (χ1) is 17.3. The largest absolute Gasteiger partial charge is 0.465 e. The van der Waals surface area contributed by atoms with Gasteiger partial charge in [0.25, 0.3) is 5.91 Å². The molecule has 0 spiro atoms. The number of rotatable bonds is 7. The van der Waals surface area contributed by atoms with E-state index in [1.807, 2.05) is 31.2 Å². The fourth-order valence-electron chi connectivity index (χ4n) is 4.06. The highest BCUT2D eigenvalue weighted by Gasteiger charge is 2.35. The van der Waals surface area contributed by atoms with Crippen molar-refractivity contribution in [2.75, 3.05) is 18.4 Å². The lowest BCUT2D eigenvalue weighted by Gasteiger charge is -2.34. The molecule has 1 aliphatic heterocycles. The number of nitrogens with zero attached hydrogens (tertiary/aromatic N) is 5. The quantitative estimate of drug-likeness (QED) is 0.402. The molecule has 2 amide bonds. The van der Waals surface area contributed by atoms with E-state index in [4.69, 9.17) is 9.63 Å². The van der Waals surface area contributed by atoms with Gasteiger partial charge in [0.2, 0.25) is 11.7 Å². The van der Waals surface area contributed by atoms with Crippen LogP contribution in [0.4, 0.5) is 10.5 Å². The first kappa shape index (κ1) is 23.2. The molecule has 0 aliphatic carbocycles. The molecule has 11 heteroatoms. The Kier molecular flexibility index (Phi) is 5.96. The Morgan fingerprint density at radius 2 is 2.00 bits per heavy atom. The normalized spacial score (nSPS) is 13.6. The van der Waals surface area contributed by atoms with E-state index in [2.05, 4.69) is 20.4 Å². The van der Waals surface area contributed by atoms with E-state index >= 15 is 0 Å². The molecule has 1 fully saturated rings. The van der Waals surface area contributed by atoms with E-state index in [1.165, 1.54) is 11.1 Å². The van der Waals surface area contributed by atoms with E-state index in [0.29, 0.717) is 60.2 Å². The van der Waals surface area contributed by atoms with E-state index in [1.54, 1.807) is 23.6 Å². The summed E-state index contributed by atoms with van der Waals surface area (Å²) in [7, 11) is 0. The van der Waals surface area contributed by atoms with Crippen molar-refractivity contribution in [2.45, 2.75) is 32.6 Å². The fourth-order valence-corrected chi connectivity index (χ4v) is 4.06. The molecule has 2 N–H and O–H groups in total. The van der Waals surface area contributed by atoms with Gasteiger partial charge in [-0.25, -0.2) is 9.78 Å². The molecule has 4 aromatic rings. The third-order valence-corrected chi connectivity index (χ3v) is 6.26. The van der Waals surface area contributed by atoms with Crippen molar-refractivity contribution < 1.29 is 24.0 Å². The summed E-state index contributed by atoms with van der Waals surface area (Å²) in [6.07, 6.45) is 3.42. The van der Waals surface area contributed by atoms with Crippen molar-refractivity contribution in [3.8, 4) is 11.4 Å². The highest BCUT2D eigenvalue weighted by atomic mass is 16.5. The Bertz CT molecular complexity index is 1480. The summed E-state index contributed by atoms with van der Waals surface area (Å²) in [5.41, 5.74) is 4.10. The van der Waals surface area contributed by atoms with E-state index in [-0.39, 0.29) is 17.6 Å². The summed E-state index contributed by atoms with van der Waals surface area (Å²) in [6.45, 7) is 4.09. The second-order valence-corrected chi connectivity index (χ2v) is 8.93. The first-order valence-electron chi connectivity index (χ1n) is 11.5. The van der Waals surface area contributed by atoms with Crippen molar-refractivity contribution in [1.82, 2.24) is 24.4 Å². The van der Waals surface area contributed by atoms with E-state index < -0.39 is 6.09 Å². The van der Waals surface area contributed by atoms with Crippen molar-refractivity contribution in [3.05, 3.63) is 65.4 Å². The monoisotopic (exact) mass is 488 g/mol. The number of nitrogens with one attached hydrogen (secondary N) is 1. The predicted molar refractivity (Wildman–Crippen MR) is 129 cm³/mol. The average molecular weight is 489 g/mol. The van der Waals surface area contributed by atoms with Crippen LogP contribution in [0.3, 0.4) is 0 Å². The van der Waals surface area contributed by atoms with Crippen LogP contribution in [0.1, 0.15) is 46.8 Å². The lowest BCUT2D eigenvalue weighted by atomic mass is 10.0. The molecule has 0 atom stereocenters. The van der Waals surface area contributed by atoms with Gasteiger partial charge in [-0.3, -0.25) is 9.20 Å². The Hall–Kier alpha value is -4.54. The number of likely N-dealkylation sites (tertiary alicyclic amines) is 1. The molecule has 0 saturated carbocycles. The number of fused-ring (bicyclic) bond motifs is 1. The number of carbonyl (C=O) groups excluding carboxylic acids is 2. The molecule has 184 valence electrons. The number of carbonyl (C=O) groups is 3. The van der Waals surface area contributed by atoms with Gasteiger partial charge in [0.15, 0.2) is 0 Å². The van der Waals surface area contributed by atoms with Gasteiger partial charge in [0.05, 0.1) is 12.1 Å². The van der Waals surface area contributed by atoms with Gasteiger partial charge >= 0.3 is 6.09 Å². The van der Waals surface area contributed by atoms with Crippen LogP contribution < -0.4 is 5.32 Å². The minimum atomic E-state index is -0.968. The number of Topliss-reactive ketones (excluding diaryl/α,β-unsaturated/α-hetero) is 1. The molecular formula is C25H24N6O5. The number of ketones is 1. The van der Waals surface area contributed by atoms with E-state index in [9.17, 15) is 14.4 Å². The Labute approximate surface area is 205 Å². The van der Waals surface area contributed by atoms with Crippen LogP contribution in [-0.4, -0.2) is 60.4 Å². The fraction of sp³-hybridized carbons (Fsp3) is 0.280. The SMILES string of the molecule is CC(=O)CCc1ccn2c(C(=O)Nc3cc(-c4noc(C5CN(C(=O)O)C5)n4)ccc3C)cnc2c1. The Balaban J connectivity index is 1.32. The highest BCUT2D eigenvalue weighted by Crippen LogP contribution is 2.29. The minimum absolute atomic E-state index is 0.120. The Morgan fingerprint density at radius 3 is 2.75 bits per heavy atom. The third-order valence-electron chi connectivity index (χ3n) is 6.26. The molecule has 3 aromatic heterocycles. The summed E-state index contributed by atoms with van der Waals surface area (Å²) < 4.78 is 7.06. The van der Waals surface area contributed by atoms with Gasteiger partial charge < -0.3 is 24.6 Å². The van der Waals surface area contributed by atoms with Gasteiger partial charge in [-0.1, -0.05) is 17.3 Å². The van der Waals surface area contributed by atoms with Gasteiger partial charge in [0, 0.05) is 37.0 Å². The number of aromatic nitrogens is 4. The second kappa shape index (κ2) is 9.25. The topological polar surface area (TPSA) is 143 Å². The number of hydrogen-bond donors (Lipinski definition) is 2.